The molecule has 1 aliphatic carbocycles. The van der Waals surface area contributed by atoms with E-state index >= 15 is 0 Å². The van der Waals surface area contributed by atoms with Crippen molar-refractivity contribution in [1.29, 1.82) is 0 Å². The van der Waals surface area contributed by atoms with Crippen molar-refractivity contribution in [2.24, 2.45) is 5.92 Å². The number of rotatable bonds is 3. The second-order valence-electron chi connectivity index (χ2n) is 8.67. The SMILES string of the molecule is O=C(NC1CCCCCCC1)C1CCCN(C(=O)c2cccc3ccccc23)C1. The number of hydrogen-bond acceptors (Lipinski definition) is 2. The average molecular weight is 393 g/mol. The van der Waals surface area contributed by atoms with Gasteiger partial charge < -0.3 is 10.2 Å². The summed E-state index contributed by atoms with van der Waals surface area (Å²) in [4.78, 5) is 28.1. The monoisotopic (exact) mass is 392 g/mol. The summed E-state index contributed by atoms with van der Waals surface area (Å²) < 4.78 is 0. The number of benzene rings is 2. The highest BCUT2D eigenvalue weighted by Gasteiger charge is 2.30. The van der Waals surface area contributed by atoms with Gasteiger partial charge in [-0.3, -0.25) is 9.59 Å². The van der Waals surface area contributed by atoms with Crippen molar-refractivity contribution < 1.29 is 9.59 Å². The summed E-state index contributed by atoms with van der Waals surface area (Å²) >= 11 is 0. The number of likely N-dealkylation sites (tertiary alicyclic amines) is 1. The van der Waals surface area contributed by atoms with Gasteiger partial charge in [-0.15, -0.1) is 0 Å². The van der Waals surface area contributed by atoms with E-state index < -0.39 is 0 Å². The quantitative estimate of drug-likeness (QED) is 0.806. The van der Waals surface area contributed by atoms with Gasteiger partial charge >= 0.3 is 0 Å². The smallest absolute Gasteiger partial charge is 0.254 e. The molecule has 1 N–H and O–H groups in total. The van der Waals surface area contributed by atoms with Gasteiger partial charge in [-0.1, -0.05) is 68.5 Å². The Bertz CT molecular complexity index is 850. The van der Waals surface area contributed by atoms with Crippen LogP contribution in [0.3, 0.4) is 0 Å². The van der Waals surface area contributed by atoms with Gasteiger partial charge in [-0.05, 0) is 42.5 Å². The lowest BCUT2D eigenvalue weighted by Crippen LogP contribution is -2.47. The number of carbonyl (C=O) groups is 2. The molecule has 154 valence electrons. The maximum absolute atomic E-state index is 13.2. The molecule has 1 saturated carbocycles. The third-order valence-electron chi connectivity index (χ3n) is 6.55. The van der Waals surface area contributed by atoms with E-state index in [0.717, 1.165) is 48.6 Å². The summed E-state index contributed by atoms with van der Waals surface area (Å²) in [6, 6.07) is 14.2. The Morgan fingerprint density at radius 3 is 2.38 bits per heavy atom. The van der Waals surface area contributed by atoms with Crippen molar-refractivity contribution >= 4 is 22.6 Å². The fraction of sp³-hybridized carbons (Fsp3) is 0.520. The zero-order chi connectivity index (χ0) is 20.1. The number of carbonyl (C=O) groups excluding carboxylic acids is 2. The van der Waals surface area contributed by atoms with Crippen molar-refractivity contribution in [3.8, 4) is 0 Å². The van der Waals surface area contributed by atoms with E-state index in [1.54, 1.807) is 0 Å². The molecule has 4 rings (SSSR count). The van der Waals surface area contributed by atoms with Crippen molar-refractivity contribution in [3.63, 3.8) is 0 Å². The molecule has 2 aromatic carbocycles. The second kappa shape index (κ2) is 9.43. The molecular weight excluding hydrogens is 360 g/mol. The predicted molar refractivity (Wildman–Crippen MR) is 117 cm³/mol. The van der Waals surface area contributed by atoms with Crippen molar-refractivity contribution in [2.45, 2.75) is 63.8 Å². The summed E-state index contributed by atoms with van der Waals surface area (Å²) in [6.45, 7) is 1.26. The first-order chi connectivity index (χ1) is 14.2. The molecule has 0 radical (unpaired) electrons. The largest absolute Gasteiger partial charge is 0.353 e. The molecule has 1 saturated heterocycles. The van der Waals surface area contributed by atoms with E-state index in [1.165, 1.54) is 32.1 Å². The van der Waals surface area contributed by atoms with Crippen molar-refractivity contribution in [1.82, 2.24) is 10.2 Å². The standard InChI is InChI=1S/C25H32N2O2/c28-24(26-21-13-4-2-1-3-5-14-21)20-12-9-17-27(18-20)25(29)23-16-8-11-19-10-6-7-15-22(19)23/h6-8,10-11,15-16,20-21H,1-5,9,12-14,17-18H2,(H,26,28). The molecule has 2 aromatic rings. The van der Waals surface area contributed by atoms with Crippen LogP contribution in [-0.4, -0.2) is 35.8 Å². The van der Waals surface area contributed by atoms with E-state index in [0.29, 0.717) is 12.6 Å². The molecule has 2 fully saturated rings. The minimum atomic E-state index is -0.0897. The first kappa shape index (κ1) is 19.9. The molecule has 2 amide bonds. The summed E-state index contributed by atoms with van der Waals surface area (Å²) in [6.07, 6.45) is 10.3. The van der Waals surface area contributed by atoms with Gasteiger partial charge in [0.25, 0.3) is 5.91 Å². The van der Waals surface area contributed by atoms with E-state index in [9.17, 15) is 9.59 Å². The van der Waals surface area contributed by atoms with Crippen LogP contribution < -0.4 is 5.32 Å². The number of piperidine rings is 1. The third kappa shape index (κ3) is 4.80. The Morgan fingerprint density at radius 2 is 1.55 bits per heavy atom. The van der Waals surface area contributed by atoms with Gasteiger partial charge in [0.15, 0.2) is 0 Å². The molecule has 4 heteroatoms. The van der Waals surface area contributed by atoms with Crippen LogP contribution in [0.5, 0.6) is 0 Å². The molecule has 1 aliphatic heterocycles. The number of nitrogens with one attached hydrogen (secondary N) is 1. The fourth-order valence-electron chi connectivity index (χ4n) is 4.88. The molecular formula is C25H32N2O2. The second-order valence-corrected chi connectivity index (χ2v) is 8.67. The molecule has 0 spiro atoms. The third-order valence-corrected chi connectivity index (χ3v) is 6.55. The van der Waals surface area contributed by atoms with E-state index in [2.05, 4.69) is 5.32 Å². The Hall–Kier alpha value is -2.36. The molecule has 1 atom stereocenters. The van der Waals surface area contributed by atoms with Crippen LogP contribution in [0, 0.1) is 5.92 Å². The minimum Gasteiger partial charge on any atom is -0.353 e. The molecule has 0 aromatic heterocycles. The molecule has 1 unspecified atom stereocenters. The van der Waals surface area contributed by atoms with Crippen LogP contribution in [0.4, 0.5) is 0 Å². The van der Waals surface area contributed by atoms with Gasteiger partial charge in [0.2, 0.25) is 5.91 Å². The van der Waals surface area contributed by atoms with E-state index in [4.69, 9.17) is 0 Å². The summed E-state index contributed by atoms with van der Waals surface area (Å²) in [5.41, 5.74) is 0.740. The van der Waals surface area contributed by atoms with Crippen LogP contribution >= 0.6 is 0 Å². The number of fused-ring (bicyclic) bond motifs is 1. The first-order valence-electron chi connectivity index (χ1n) is 11.3. The van der Waals surface area contributed by atoms with Gasteiger partial charge in [0.1, 0.15) is 0 Å². The van der Waals surface area contributed by atoms with Gasteiger partial charge in [0.05, 0.1) is 5.92 Å². The summed E-state index contributed by atoms with van der Waals surface area (Å²) in [5, 5.41) is 5.37. The van der Waals surface area contributed by atoms with Crippen LogP contribution in [-0.2, 0) is 4.79 Å². The Balaban J connectivity index is 1.42. The average Bonchev–Trinajstić information content (AvgIpc) is 2.74. The lowest BCUT2D eigenvalue weighted by Gasteiger charge is -2.33. The molecule has 29 heavy (non-hydrogen) atoms. The highest BCUT2D eigenvalue weighted by Crippen LogP contribution is 2.24. The maximum Gasteiger partial charge on any atom is 0.254 e. The minimum absolute atomic E-state index is 0.0465. The molecule has 4 nitrogen and oxygen atoms in total. The number of hydrogen-bond donors (Lipinski definition) is 1. The molecule has 0 bridgehead atoms. The normalized spacial score (nSPS) is 21.4. The van der Waals surface area contributed by atoms with Gasteiger partial charge in [-0.25, -0.2) is 0 Å². The Kier molecular flexibility index (Phi) is 6.48. The van der Waals surface area contributed by atoms with E-state index in [1.807, 2.05) is 47.4 Å². The van der Waals surface area contributed by atoms with Crippen LogP contribution in [0.15, 0.2) is 42.5 Å². The number of nitrogens with zero attached hydrogens (tertiary/aromatic N) is 1. The zero-order valence-corrected chi connectivity index (χ0v) is 17.2. The van der Waals surface area contributed by atoms with Crippen LogP contribution in [0.2, 0.25) is 0 Å². The summed E-state index contributed by atoms with van der Waals surface area (Å²) in [5.74, 6) is 0.101. The topological polar surface area (TPSA) is 49.4 Å². The van der Waals surface area contributed by atoms with Crippen LogP contribution in [0.1, 0.15) is 68.1 Å². The van der Waals surface area contributed by atoms with Crippen molar-refractivity contribution in [3.05, 3.63) is 48.0 Å². The number of amides is 2. The predicted octanol–water partition coefficient (Wildman–Crippen LogP) is 4.92. The Morgan fingerprint density at radius 1 is 0.828 bits per heavy atom. The van der Waals surface area contributed by atoms with E-state index in [-0.39, 0.29) is 17.7 Å². The van der Waals surface area contributed by atoms with Crippen LogP contribution in [0.25, 0.3) is 10.8 Å². The zero-order valence-electron chi connectivity index (χ0n) is 17.2. The van der Waals surface area contributed by atoms with Crippen molar-refractivity contribution in [2.75, 3.05) is 13.1 Å². The fourth-order valence-corrected chi connectivity index (χ4v) is 4.88. The highest BCUT2D eigenvalue weighted by atomic mass is 16.2. The highest BCUT2D eigenvalue weighted by molar-refractivity contribution is 6.07. The molecule has 2 aliphatic rings. The maximum atomic E-state index is 13.2. The van der Waals surface area contributed by atoms with Gasteiger partial charge in [0, 0.05) is 24.7 Å². The lowest BCUT2D eigenvalue weighted by atomic mass is 9.93. The summed E-state index contributed by atoms with van der Waals surface area (Å²) in [7, 11) is 0. The Labute approximate surface area is 173 Å². The lowest BCUT2D eigenvalue weighted by molar-refractivity contribution is -0.127. The first-order valence-corrected chi connectivity index (χ1v) is 11.3. The van der Waals surface area contributed by atoms with Gasteiger partial charge in [-0.2, -0.15) is 0 Å². The molecule has 1 heterocycles.